The highest BCUT2D eigenvalue weighted by molar-refractivity contribution is 6.04. The Hall–Kier alpha value is -3.21. The topological polar surface area (TPSA) is 80.9 Å². The SMILES string of the molecule is Nc1ccc(-c2cnc(NC(=O)c3ccccc3)c(CC34CC5CC(CC(C5)C3)C4)n2)cc1. The second kappa shape index (κ2) is 7.98. The van der Waals surface area contributed by atoms with Crippen LogP contribution in [0.2, 0.25) is 0 Å². The zero-order valence-corrected chi connectivity index (χ0v) is 18.8. The fourth-order valence-corrected chi connectivity index (χ4v) is 7.08. The van der Waals surface area contributed by atoms with Crippen molar-refractivity contribution in [3.63, 3.8) is 0 Å². The Morgan fingerprint density at radius 3 is 2.21 bits per heavy atom. The van der Waals surface area contributed by atoms with Crippen LogP contribution in [-0.4, -0.2) is 15.9 Å². The van der Waals surface area contributed by atoms with Gasteiger partial charge in [-0.3, -0.25) is 4.79 Å². The molecular formula is C28H30N4O. The average Bonchev–Trinajstić information content (AvgIpc) is 2.80. The van der Waals surface area contributed by atoms with E-state index in [4.69, 9.17) is 15.7 Å². The molecule has 4 bridgehead atoms. The van der Waals surface area contributed by atoms with Gasteiger partial charge in [0.25, 0.3) is 5.91 Å². The van der Waals surface area contributed by atoms with Crippen LogP contribution in [0.15, 0.2) is 60.8 Å². The number of amides is 1. The molecule has 33 heavy (non-hydrogen) atoms. The molecule has 4 fully saturated rings. The molecule has 0 unspecified atom stereocenters. The molecule has 4 aliphatic carbocycles. The van der Waals surface area contributed by atoms with E-state index >= 15 is 0 Å². The zero-order valence-electron chi connectivity index (χ0n) is 18.8. The van der Waals surface area contributed by atoms with Gasteiger partial charge in [0.15, 0.2) is 5.82 Å². The number of benzene rings is 2. The fraction of sp³-hybridized carbons (Fsp3) is 0.393. The highest BCUT2D eigenvalue weighted by Gasteiger charge is 2.51. The predicted molar refractivity (Wildman–Crippen MR) is 131 cm³/mol. The van der Waals surface area contributed by atoms with Gasteiger partial charge in [-0.2, -0.15) is 0 Å². The molecule has 1 heterocycles. The molecule has 2 aromatic carbocycles. The lowest BCUT2D eigenvalue weighted by atomic mass is 9.48. The Labute approximate surface area is 194 Å². The number of nitrogens with two attached hydrogens (primary N) is 1. The third-order valence-electron chi connectivity index (χ3n) is 8.03. The first kappa shape index (κ1) is 20.4. The van der Waals surface area contributed by atoms with Gasteiger partial charge in [-0.25, -0.2) is 9.97 Å². The van der Waals surface area contributed by atoms with Crippen LogP contribution in [0.25, 0.3) is 11.3 Å². The molecule has 5 nitrogen and oxygen atoms in total. The first-order valence-corrected chi connectivity index (χ1v) is 12.1. The summed E-state index contributed by atoms with van der Waals surface area (Å²) in [5, 5.41) is 3.06. The third-order valence-corrected chi connectivity index (χ3v) is 8.03. The number of carbonyl (C=O) groups excluding carboxylic acids is 1. The van der Waals surface area contributed by atoms with Crippen LogP contribution in [-0.2, 0) is 6.42 Å². The summed E-state index contributed by atoms with van der Waals surface area (Å²) >= 11 is 0. The van der Waals surface area contributed by atoms with E-state index in [0.29, 0.717) is 16.8 Å². The molecule has 0 spiro atoms. The van der Waals surface area contributed by atoms with Gasteiger partial charge in [-0.05, 0) is 92.4 Å². The maximum atomic E-state index is 12.9. The summed E-state index contributed by atoms with van der Waals surface area (Å²) in [6, 6.07) is 17.1. The fourth-order valence-electron chi connectivity index (χ4n) is 7.08. The molecule has 4 aliphatic rings. The molecule has 5 heteroatoms. The smallest absolute Gasteiger partial charge is 0.256 e. The number of carbonyl (C=O) groups is 1. The van der Waals surface area contributed by atoms with Crippen molar-refractivity contribution in [1.82, 2.24) is 9.97 Å². The Kier molecular flexibility index (Phi) is 4.93. The maximum Gasteiger partial charge on any atom is 0.256 e. The van der Waals surface area contributed by atoms with Crippen molar-refractivity contribution in [3.05, 3.63) is 72.1 Å². The number of hydrogen-bond acceptors (Lipinski definition) is 4. The summed E-state index contributed by atoms with van der Waals surface area (Å²) in [4.78, 5) is 22.7. The number of hydrogen-bond donors (Lipinski definition) is 2. The summed E-state index contributed by atoms with van der Waals surface area (Å²) in [7, 11) is 0. The van der Waals surface area contributed by atoms with Crippen LogP contribution in [0.5, 0.6) is 0 Å². The number of nitrogens with zero attached hydrogens (tertiary/aromatic N) is 2. The molecule has 0 aliphatic heterocycles. The van der Waals surface area contributed by atoms with E-state index < -0.39 is 0 Å². The largest absolute Gasteiger partial charge is 0.399 e. The Morgan fingerprint density at radius 1 is 0.939 bits per heavy atom. The third kappa shape index (κ3) is 4.01. The Bertz CT molecular complexity index is 1140. The molecule has 0 radical (unpaired) electrons. The Morgan fingerprint density at radius 2 is 1.58 bits per heavy atom. The average molecular weight is 439 g/mol. The molecule has 0 atom stereocenters. The lowest BCUT2D eigenvalue weighted by molar-refractivity contribution is -0.0526. The van der Waals surface area contributed by atoms with E-state index in [2.05, 4.69) is 5.32 Å². The van der Waals surface area contributed by atoms with Crippen LogP contribution in [0, 0.1) is 23.2 Å². The van der Waals surface area contributed by atoms with Crippen molar-refractivity contribution in [3.8, 4) is 11.3 Å². The van der Waals surface area contributed by atoms with Crippen LogP contribution in [0.3, 0.4) is 0 Å². The lowest BCUT2D eigenvalue weighted by Crippen LogP contribution is -2.47. The van der Waals surface area contributed by atoms with E-state index in [9.17, 15) is 4.79 Å². The van der Waals surface area contributed by atoms with Gasteiger partial charge in [0.2, 0.25) is 0 Å². The number of rotatable bonds is 5. The first-order valence-electron chi connectivity index (χ1n) is 12.1. The molecule has 0 saturated heterocycles. The molecular weight excluding hydrogens is 408 g/mol. The summed E-state index contributed by atoms with van der Waals surface area (Å²) < 4.78 is 0. The molecule has 3 N–H and O–H groups in total. The molecule has 3 aromatic rings. The van der Waals surface area contributed by atoms with Crippen molar-refractivity contribution in [1.29, 1.82) is 0 Å². The standard InChI is InChI=1S/C28H30N4O/c29-23-8-6-21(7-9-23)25-17-30-26(32-27(33)22-4-2-1-3-5-22)24(31-25)16-28-13-18-10-19(14-28)12-20(11-18)15-28/h1-9,17-20H,10-16,29H2,(H,30,32,33). The van der Waals surface area contributed by atoms with Gasteiger partial charge in [0.05, 0.1) is 17.6 Å². The normalized spacial score (nSPS) is 27.5. The highest BCUT2D eigenvalue weighted by atomic mass is 16.1. The minimum absolute atomic E-state index is 0.142. The molecule has 1 amide bonds. The van der Waals surface area contributed by atoms with Gasteiger partial charge in [-0.15, -0.1) is 0 Å². The van der Waals surface area contributed by atoms with Crippen molar-refractivity contribution in [2.75, 3.05) is 11.1 Å². The minimum Gasteiger partial charge on any atom is -0.399 e. The van der Waals surface area contributed by atoms with Crippen molar-refractivity contribution >= 4 is 17.4 Å². The quantitative estimate of drug-likeness (QED) is 0.498. The summed E-state index contributed by atoms with van der Waals surface area (Å²) in [5.41, 5.74) is 10.3. The number of anilines is 2. The molecule has 7 rings (SSSR count). The van der Waals surface area contributed by atoms with E-state index in [0.717, 1.165) is 46.8 Å². The second-order valence-electron chi connectivity index (χ2n) is 10.6. The first-order chi connectivity index (χ1) is 16.1. The lowest BCUT2D eigenvalue weighted by Gasteiger charge is -2.57. The van der Waals surface area contributed by atoms with Crippen LogP contribution in [0.1, 0.15) is 54.6 Å². The Balaban J connectivity index is 1.35. The predicted octanol–water partition coefficient (Wildman–Crippen LogP) is 5.74. The van der Waals surface area contributed by atoms with Crippen molar-refractivity contribution < 1.29 is 4.79 Å². The van der Waals surface area contributed by atoms with Gasteiger partial charge in [0.1, 0.15) is 0 Å². The van der Waals surface area contributed by atoms with Crippen molar-refractivity contribution in [2.45, 2.75) is 44.9 Å². The van der Waals surface area contributed by atoms with Gasteiger partial charge in [-0.1, -0.05) is 30.3 Å². The van der Waals surface area contributed by atoms with Gasteiger partial charge < -0.3 is 11.1 Å². The minimum atomic E-state index is -0.142. The van der Waals surface area contributed by atoms with E-state index in [-0.39, 0.29) is 5.91 Å². The second-order valence-corrected chi connectivity index (χ2v) is 10.6. The number of aromatic nitrogens is 2. The summed E-state index contributed by atoms with van der Waals surface area (Å²) in [6.45, 7) is 0. The van der Waals surface area contributed by atoms with Crippen molar-refractivity contribution in [2.24, 2.45) is 23.2 Å². The zero-order chi connectivity index (χ0) is 22.4. The summed E-state index contributed by atoms with van der Waals surface area (Å²) in [6.07, 6.45) is 10.7. The molecule has 1 aromatic heterocycles. The molecule has 4 saturated carbocycles. The van der Waals surface area contributed by atoms with E-state index in [1.165, 1.54) is 38.5 Å². The summed E-state index contributed by atoms with van der Waals surface area (Å²) in [5.74, 6) is 3.06. The van der Waals surface area contributed by atoms with Crippen LogP contribution in [0.4, 0.5) is 11.5 Å². The number of nitrogens with one attached hydrogen (secondary N) is 1. The van der Waals surface area contributed by atoms with Gasteiger partial charge in [0, 0.05) is 16.8 Å². The maximum absolute atomic E-state index is 12.9. The van der Waals surface area contributed by atoms with E-state index in [1.807, 2.05) is 54.6 Å². The molecule has 168 valence electrons. The monoisotopic (exact) mass is 438 g/mol. The highest BCUT2D eigenvalue weighted by Crippen LogP contribution is 2.61. The van der Waals surface area contributed by atoms with Crippen LogP contribution < -0.4 is 11.1 Å². The van der Waals surface area contributed by atoms with Gasteiger partial charge >= 0.3 is 0 Å². The van der Waals surface area contributed by atoms with E-state index in [1.54, 1.807) is 6.20 Å². The number of nitrogen functional groups attached to an aromatic ring is 1. The van der Waals surface area contributed by atoms with Crippen LogP contribution >= 0.6 is 0 Å².